The largest absolute Gasteiger partial charge is 0.494 e. The number of hydrazine groups is 1. The van der Waals surface area contributed by atoms with Crippen LogP contribution in [0, 0.1) is 11.7 Å². The molecule has 0 atom stereocenters. The van der Waals surface area contributed by atoms with Gasteiger partial charge in [-0.25, -0.2) is 9.18 Å². The van der Waals surface area contributed by atoms with Gasteiger partial charge in [0.1, 0.15) is 18.1 Å². The van der Waals surface area contributed by atoms with E-state index in [1.807, 2.05) is 0 Å². The van der Waals surface area contributed by atoms with Gasteiger partial charge in [0, 0.05) is 12.1 Å². The summed E-state index contributed by atoms with van der Waals surface area (Å²) in [6.45, 7) is 4.67. The lowest BCUT2D eigenvalue weighted by Crippen LogP contribution is -2.47. The van der Waals surface area contributed by atoms with Crippen LogP contribution in [-0.4, -0.2) is 31.0 Å². The number of rotatable bonds is 9. The number of carbonyl (C=O) groups excluding carboxylic acids is 3. The average Bonchev–Trinajstić information content (AvgIpc) is 2.76. The maximum absolute atomic E-state index is 12.8. The summed E-state index contributed by atoms with van der Waals surface area (Å²) in [6.07, 6.45) is 0.937. The third-order valence-corrected chi connectivity index (χ3v) is 4.17. The van der Waals surface area contributed by atoms with Crippen LogP contribution in [0.1, 0.15) is 36.2 Å². The number of halogens is 1. The van der Waals surface area contributed by atoms with Crippen molar-refractivity contribution >= 4 is 17.8 Å². The number of hydrogen-bond donors (Lipinski definition) is 4. The fraction of sp³-hybridized carbons (Fsp3) is 0.318. The van der Waals surface area contributed by atoms with Gasteiger partial charge in [0.2, 0.25) is 0 Å². The minimum Gasteiger partial charge on any atom is -0.494 e. The van der Waals surface area contributed by atoms with Crippen molar-refractivity contribution in [2.24, 2.45) is 5.92 Å². The summed E-state index contributed by atoms with van der Waals surface area (Å²) in [5.41, 5.74) is 5.56. The van der Waals surface area contributed by atoms with E-state index in [4.69, 9.17) is 4.74 Å². The van der Waals surface area contributed by atoms with E-state index in [0.717, 1.165) is 6.42 Å². The van der Waals surface area contributed by atoms with E-state index in [2.05, 4.69) is 35.3 Å². The second-order valence-corrected chi connectivity index (χ2v) is 7.22. The molecule has 2 aromatic carbocycles. The van der Waals surface area contributed by atoms with Gasteiger partial charge in [-0.15, -0.1) is 0 Å². The van der Waals surface area contributed by atoms with Crippen LogP contribution in [0.15, 0.2) is 48.5 Å². The van der Waals surface area contributed by atoms with Crippen molar-refractivity contribution in [3.8, 4) is 5.75 Å². The number of benzene rings is 2. The summed E-state index contributed by atoms with van der Waals surface area (Å²) >= 11 is 0. The molecular formula is C22H27FN4O4. The van der Waals surface area contributed by atoms with Crippen molar-refractivity contribution in [1.29, 1.82) is 0 Å². The Balaban J connectivity index is 1.65. The van der Waals surface area contributed by atoms with Crippen LogP contribution in [-0.2, 0) is 11.3 Å². The Kier molecular flexibility index (Phi) is 9.28. The molecule has 9 heteroatoms. The standard InChI is InChI=1S/C22H27FN4O4/c1-15(2)11-12-31-19-9-5-17(6-10-19)21(29)27-26-20(28)14-25-22(30)24-13-16-3-7-18(23)8-4-16/h3-10,15H,11-14H2,1-2H3,(H,26,28)(H,27,29)(H2,24,25,30). The molecule has 4 N–H and O–H groups in total. The van der Waals surface area contributed by atoms with Crippen LogP contribution in [0.25, 0.3) is 0 Å². The molecule has 4 amide bonds. The lowest BCUT2D eigenvalue weighted by Gasteiger charge is -2.10. The molecule has 0 aromatic heterocycles. The Morgan fingerprint density at radius 3 is 2.26 bits per heavy atom. The number of amides is 4. The quantitative estimate of drug-likeness (QED) is 0.459. The first-order chi connectivity index (χ1) is 14.8. The van der Waals surface area contributed by atoms with Gasteiger partial charge in [0.15, 0.2) is 0 Å². The van der Waals surface area contributed by atoms with E-state index in [1.165, 1.54) is 12.1 Å². The lowest BCUT2D eigenvalue weighted by molar-refractivity contribution is -0.120. The molecule has 0 spiro atoms. The molecule has 166 valence electrons. The molecule has 0 unspecified atom stereocenters. The highest BCUT2D eigenvalue weighted by atomic mass is 19.1. The van der Waals surface area contributed by atoms with Crippen molar-refractivity contribution in [1.82, 2.24) is 21.5 Å². The van der Waals surface area contributed by atoms with Crippen LogP contribution in [0.2, 0.25) is 0 Å². The minimum absolute atomic E-state index is 0.182. The van der Waals surface area contributed by atoms with E-state index in [1.54, 1.807) is 36.4 Å². The van der Waals surface area contributed by atoms with Crippen LogP contribution in [0.5, 0.6) is 5.75 Å². The Labute approximate surface area is 180 Å². The summed E-state index contributed by atoms with van der Waals surface area (Å²) in [5.74, 6) is -0.249. The molecule has 0 saturated heterocycles. The Morgan fingerprint density at radius 2 is 1.61 bits per heavy atom. The van der Waals surface area contributed by atoms with Gasteiger partial charge in [-0.05, 0) is 54.3 Å². The summed E-state index contributed by atoms with van der Waals surface area (Å²) in [4.78, 5) is 35.6. The van der Waals surface area contributed by atoms with Crippen LogP contribution >= 0.6 is 0 Å². The third-order valence-electron chi connectivity index (χ3n) is 4.17. The van der Waals surface area contributed by atoms with Gasteiger partial charge in [-0.1, -0.05) is 26.0 Å². The second-order valence-electron chi connectivity index (χ2n) is 7.22. The summed E-state index contributed by atoms with van der Waals surface area (Å²) < 4.78 is 18.4. The Morgan fingerprint density at radius 1 is 0.935 bits per heavy atom. The molecule has 0 fully saturated rings. The van der Waals surface area contributed by atoms with E-state index >= 15 is 0 Å². The normalized spacial score (nSPS) is 10.3. The lowest BCUT2D eigenvalue weighted by atomic mass is 10.1. The first-order valence-corrected chi connectivity index (χ1v) is 9.91. The van der Waals surface area contributed by atoms with E-state index < -0.39 is 17.8 Å². The monoisotopic (exact) mass is 430 g/mol. The van der Waals surface area contributed by atoms with Crippen molar-refractivity contribution in [2.75, 3.05) is 13.2 Å². The zero-order valence-corrected chi connectivity index (χ0v) is 17.5. The highest BCUT2D eigenvalue weighted by Gasteiger charge is 2.09. The highest BCUT2D eigenvalue weighted by molar-refractivity contribution is 5.95. The molecule has 31 heavy (non-hydrogen) atoms. The van der Waals surface area contributed by atoms with Gasteiger partial charge in [-0.2, -0.15) is 0 Å². The summed E-state index contributed by atoms with van der Waals surface area (Å²) in [6, 6.07) is 11.6. The van der Waals surface area contributed by atoms with Gasteiger partial charge in [0.05, 0.1) is 6.61 Å². The zero-order valence-electron chi connectivity index (χ0n) is 17.5. The molecule has 0 radical (unpaired) electrons. The number of hydrogen-bond acceptors (Lipinski definition) is 4. The van der Waals surface area contributed by atoms with Gasteiger partial charge >= 0.3 is 6.03 Å². The SMILES string of the molecule is CC(C)CCOc1ccc(C(=O)NNC(=O)CNC(=O)NCc2ccc(F)cc2)cc1. The molecule has 0 heterocycles. The maximum atomic E-state index is 12.8. The van der Waals surface area contributed by atoms with E-state index in [0.29, 0.717) is 29.4 Å². The predicted molar refractivity (Wildman–Crippen MR) is 114 cm³/mol. The molecule has 8 nitrogen and oxygen atoms in total. The molecular weight excluding hydrogens is 403 g/mol. The topological polar surface area (TPSA) is 109 Å². The Hall–Kier alpha value is -3.62. The Bertz CT molecular complexity index is 870. The molecule has 0 aliphatic carbocycles. The van der Waals surface area contributed by atoms with Gasteiger partial charge in [0.25, 0.3) is 11.8 Å². The summed E-state index contributed by atoms with van der Waals surface area (Å²) in [5, 5.41) is 4.90. The molecule has 2 aromatic rings. The first-order valence-electron chi connectivity index (χ1n) is 9.91. The van der Waals surface area contributed by atoms with Crippen molar-refractivity contribution < 1.29 is 23.5 Å². The molecule has 0 aliphatic rings. The molecule has 0 aliphatic heterocycles. The van der Waals surface area contributed by atoms with E-state index in [-0.39, 0.29) is 18.9 Å². The number of nitrogens with one attached hydrogen (secondary N) is 4. The molecule has 0 bridgehead atoms. The number of ether oxygens (including phenoxy) is 1. The molecule has 0 saturated carbocycles. The number of carbonyl (C=O) groups is 3. The predicted octanol–water partition coefficient (Wildman–Crippen LogP) is 2.51. The van der Waals surface area contributed by atoms with E-state index in [9.17, 15) is 18.8 Å². The highest BCUT2D eigenvalue weighted by Crippen LogP contribution is 2.13. The summed E-state index contributed by atoms with van der Waals surface area (Å²) in [7, 11) is 0. The fourth-order valence-corrected chi connectivity index (χ4v) is 2.37. The zero-order chi connectivity index (χ0) is 22.6. The molecule has 2 rings (SSSR count). The number of urea groups is 1. The van der Waals surface area contributed by atoms with Crippen molar-refractivity contribution in [3.05, 3.63) is 65.5 Å². The first kappa shape index (κ1) is 23.7. The van der Waals surface area contributed by atoms with Gasteiger partial charge in [-0.3, -0.25) is 20.4 Å². The van der Waals surface area contributed by atoms with Crippen molar-refractivity contribution in [2.45, 2.75) is 26.8 Å². The second kappa shape index (κ2) is 12.2. The van der Waals surface area contributed by atoms with Crippen LogP contribution < -0.4 is 26.2 Å². The minimum atomic E-state index is -0.598. The smallest absolute Gasteiger partial charge is 0.315 e. The van der Waals surface area contributed by atoms with Crippen LogP contribution in [0.4, 0.5) is 9.18 Å². The van der Waals surface area contributed by atoms with Gasteiger partial charge < -0.3 is 15.4 Å². The van der Waals surface area contributed by atoms with Crippen molar-refractivity contribution in [3.63, 3.8) is 0 Å². The third kappa shape index (κ3) is 9.16. The maximum Gasteiger partial charge on any atom is 0.315 e. The fourth-order valence-electron chi connectivity index (χ4n) is 2.37. The average molecular weight is 430 g/mol. The van der Waals surface area contributed by atoms with Crippen LogP contribution in [0.3, 0.4) is 0 Å².